The van der Waals surface area contributed by atoms with Crippen LogP contribution in [0.25, 0.3) is 0 Å². The minimum atomic E-state index is -2.20. The maximum absolute atomic E-state index is 15.4. The zero-order chi connectivity index (χ0) is 42.0. The van der Waals surface area contributed by atoms with Crippen molar-refractivity contribution in [3.8, 4) is 0 Å². The van der Waals surface area contributed by atoms with Gasteiger partial charge in [-0.2, -0.15) is 0 Å². The van der Waals surface area contributed by atoms with Gasteiger partial charge in [-0.3, -0.25) is 19.2 Å². The van der Waals surface area contributed by atoms with Crippen LogP contribution >= 0.6 is 0 Å². The van der Waals surface area contributed by atoms with Crippen LogP contribution in [0, 0.1) is 28.6 Å². The average Bonchev–Trinajstić information content (AvgIpc) is 3.87. The number of benzene rings is 1. The van der Waals surface area contributed by atoms with Crippen LogP contribution in [0.3, 0.4) is 0 Å². The van der Waals surface area contributed by atoms with Crippen molar-refractivity contribution >= 4 is 35.6 Å². The number of Topliss-reactive ketones (excluding diaryl/α,β-unsaturated/α-hetero) is 1. The van der Waals surface area contributed by atoms with E-state index in [4.69, 9.17) is 23.7 Å². The molecule has 0 radical (unpaired) electrons. The van der Waals surface area contributed by atoms with Crippen LogP contribution in [0.4, 0.5) is 0 Å². The fourth-order valence-electron chi connectivity index (χ4n) is 10.2. The Morgan fingerprint density at radius 3 is 2.23 bits per heavy atom. The molecule has 14 heteroatoms. The minimum absolute atomic E-state index is 0.0520. The number of aliphatic hydroxyl groups is 2. The highest BCUT2D eigenvalue weighted by Gasteiger charge is 2.84. The average molecular weight is 794 g/mol. The molecular formula is C43H55NO13. The quantitative estimate of drug-likeness (QED) is 0.127. The highest BCUT2D eigenvalue weighted by Crippen LogP contribution is 2.74. The molecular weight excluding hydrogens is 738 g/mol. The summed E-state index contributed by atoms with van der Waals surface area (Å²) in [6.07, 6.45) is -5.04. The Kier molecular flexibility index (Phi) is 11.2. The van der Waals surface area contributed by atoms with Gasteiger partial charge in [-0.15, -0.1) is 0 Å². The first kappa shape index (κ1) is 42.2. The van der Waals surface area contributed by atoms with Gasteiger partial charge in [0.05, 0.1) is 24.1 Å². The summed E-state index contributed by atoms with van der Waals surface area (Å²) in [6.45, 7) is 14.2. The van der Waals surface area contributed by atoms with E-state index in [1.807, 2.05) is 13.8 Å². The van der Waals surface area contributed by atoms with Gasteiger partial charge in [0, 0.05) is 36.7 Å². The van der Waals surface area contributed by atoms with Gasteiger partial charge < -0.3 is 39.2 Å². The molecule has 11 atom stereocenters. The molecule has 3 N–H and O–H groups in total. The molecule has 0 unspecified atom stereocenters. The van der Waals surface area contributed by atoms with Crippen LogP contribution in [0.5, 0.6) is 0 Å². The maximum atomic E-state index is 15.4. The number of nitrogens with one attached hydrogen (secondary N) is 1. The molecule has 3 saturated carbocycles. The number of hydrogen-bond donors (Lipinski definition) is 3. The molecule has 6 rings (SSSR count). The Morgan fingerprint density at radius 1 is 1.00 bits per heavy atom. The second-order valence-electron chi connectivity index (χ2n) is 17.5. The summed E-state index contributed by atoms with van der Waals surface area (Å²) in [5.41, 5.74) is -5.64. The van der Waals surface area contributed by atoms with Crippen molar-refractivity contribution in [2.75, 3.05) is 6.61 Å². The topological polar surface area (TPSA) is 201 Å². The Bertz CT molecular complexity index is 1900. The Hall–Kier alpha value is -4.40. The number of carbonyl (C=O) groups excluding carboxylic acids is 6. The van der Waals surface area contributed by atoms with E-state index >= 15 is 4.79 Å². The third kappa shape index (κ3) is 6.90. The van der Waals surface area contributed by atoms with Gasteiger partial charge in [0.15, 0.2) is 23.6 Å². The van der Waals surface area contributed by atoms with Gasteiger partial charge in [0.1, 0.15) is 23.9 Å². The monoisotopic (exact) mass is 793 g/mol. The number of amides is 1. The standard InChI is InChI=1S/C43H55NO13/c1-10-22(4)37(49)44-28(16-21(2)3)32(47)39(51)55-29-19-43(52)36(56-38(50)26-14-12-11-13-15-26)34-41(18-27(41)17-30-42(34,20-53-30)57-25(7)46)35(48)33(54-24(6)45)31(23(29)5)40(43,8)9/h10-15,21,27-30,32-34,36,47,52H,16-20H2,1-9H3,(H,44,49)/b22-10+/t27-,28+,29+,30-,32-,33-,34+,36+,41-,42+,43-/m1/s1. The van der Waals surface area contributed by atoms with Crippen molar-refractivity contribution in [3.05, 3.63) is 58.7 Å². The molecule has 2 bridgehead atoms. The zero-order valence-corrected chi connectivity index (χ0v) is 34.1. The summed E-state index contributed by atoms with van der Waals surface area (Å²) in [7, 11) is 0. The van der Waals surface area contributed by atoms with Crippen molar-refractivity contribution in [2.24, 2.45) is 28.6 Å². The highest BCUT2D eigenvalue weighted by atomic mass is 16.6. The molecule has 1 amide bonds. The molecule has 1 spiro atoms. The molecule has 14 nitrogen and oxygen atoms in total. The fraction of sp³-hybridized carbons (Fsp3) is 0.628. The first-order valence-electron chi connectivity index (χ1n) is 19.7. The number of allylic oxidation sites excluding steroid dienone is 1. The number of ether oxygens (including phenoxy) is 5. The molecule has 1 heterocycles. The van der Waals surface area contributed by atoms with Gasteiger partial charge in [0.25, 0.3) is 0 Å². The number of hydrogen-bond acceptors (Lipinski definition) is 13. The summed E-state index contributed by atoms with van der Waals surface area (Å²) in [4.78, 5) is 82.3. The number of esters is 4. The molecule has 57 heavy (non-hydrogen) atoms. The molecule has 4 aliphatic carbocycles. The number of fused-ring (bicyclic) bond motifs is 4. The highest BCUT2D eigenvalue weighted by molar-refractivity contribution is 5.98. The zero-order valence-electron chi connectivity index (χ0n) is 34.1. The van der Waals surface area contributed by atoms with Crippen molar-refractivity contribution in [1.82, 2.24) is 5.32 Å². The lowest BCUT2D eigenvalue weighted by Crippen LogP contribution is -2.78. The van der Waals surface area contributed by atoms with Gasteiger partial charge in [0.2, 0.25) is 5.91 Å². The van der Waals surface area contributed by atoms with Crippen LogP contribution < -0.4 is 5.32 Å². The summed E-state index contributed by atoms with van der Waals surface area (Å²) >= 11 is 0. The lowest BCUT2D eigenvalue weighted by Gasteiger charge is -2.64. The van der Waals surface area contributed by atoms with Crippen LogP contribution in [0.2, 0.25) is 0 Å². The Morgan fingerprint density at radius 2 is 1.67 bits per heavy atom. The smallest absolute Gasteiger partial charge is 0.338 e. The van der Waals surface area contributed by atoms with E-state index < -0.39 is 107 Å². The predicted octanol–water partition coefficient (Wildman–Crippen LogP) is 3.70. The molecule has 1 aromatic carbocycles. The van der Waals surface area contributed by atoms with Gasteiger partial charge in [-0.25, -0.2) is 9.59 Å². The molecule has 1 saturated heterocycles. The van der Waals surface area contributed by atoms with E-state index in [2.05, 4.69) is 5.32 Å². The Balaban J connectivity index is 1.52. The van der Waals surface area contributed by atoms with E-state index in [9.17, 15) is 34.2 Å². The van der Waals surface area contributed by atoms with Crippen LogP contribution in [-0.2, 0) is 47.7 Å². The summed E-state index contributed by atoms with van der Waals surface area (Å²) in [5.74, 6) is -5.96. The third-order valence-electron chi connectivity index (χ3n) is 13.3. The van der Waals surface area contributed by atoms with Crippen molar-refractivity contribution < 1.29 is 62.7 Å². The van der Waals surface area contributed by atoms with E-state index in [-0.39, 0.29) is 42.4 Å². The molecule has 1 aromatic rings. The second kappa shape index (κ2) is 15.1. The summed E-state index contributed by atoms with van der Waals surface area (Å²) < 4.78 is 30.5. The molecule has 310 valence electrons. The second-order valence-corrected chi connectivity index (χ2v) is 17.5. The normalized spacial score (nSPS) is 34.7. The Labute approximate surface area is 332 Å². The van der Waals surface area contributed by atoms with E-state index in [1.54, 1.807) is 71.0 Å². The van der Waals surface area contributed by atoms with Gasteiger partial charge >= 0.3 is 23.9 Å². The van der Waals surface area contributed by atoms with Crippen LogP contribution in [0.15, 0.2) is 53.1 Å². The van der Waals surface area contributed by atoms with E-state index in [0.717, 1.165) is 6.92 Å². The summed E-state index contributed by atoms with van der Waals surface area (Å²) in [6, 6.07) is 7.06. The van der Waals surface area contributed by atoms with Crippen molar-refractivity contribution in [1.29, 1.82) is 0 Å². The van der Waals surface area contributed by atoms with Crippen LogP contribution in [0.1, 0.15) is 98.4 Å². The lowest BCUT2D eigenvalue weighted by molar-refractivity contribution is -0.323. The largest absolute Gasteiger partial charge is 0.456 e. The molecule has 4 fully saturated rings. The first-order chi connectivity index (χ1) is 26.7. The van der Waals surface area contributed by atoms with Gasteiger partial charge in [-0.05, 0) is 75.1 Å². The van der Waals surface area contributed by atoms with Gasteiger partial charge in [-0.1, -0.05) is 52.0 Å². The summed E-state index contributed by atoms with van der Waals surface area (Å²) in [5, 5.41) is 27.8. The minimum Gasteiger partial charge on any atom is -0.456 e. The molecule has 0 aromatic heterocycles. The maximum Gasteiger partial charge on any atom is 0.338 e. The SMILES string of the molecule is C/C=C(\C)C(=O)N[C@@H](CC(C)C)[C@@H](O)C(=O)O[C@H]1C[C@@]2(O)[C@@H](OC(=O)c3ccccc3)[C@@H]3[C@]4(OC(C)=O)CO[C@@H]4C[C@@H]4C[C@@]43C(=O)[C@H](OC(C)=O)C(=C1C)C2(C)C. The number of ketones is 1. The third-order valence-corrected chi connectivity index (χ3v) is 13.3. The number of rotatable bonds is 11. The predicted molar refractivity (Wildman–Crippen MR) is 202 cm³/mol. The van der Waals surface area contributed by atoms with E-state index in [1.165, 1.54) is 6.92 Å². The van der Waals surface area contributed by atoms with Crippen molar-refractivity contribution in [3.63, 3.8) is 0 Å². The molecule has 1 aliphatic heterocycles. The molecule has 5 aliphatic rings. The van der Waals surface area contributed by atoms with E-state index in [0.29, 0.717) is 17.6 Å². The number of carbonyl (C=O) groups is 6. The fourth-order valence-corrected chi connectivity index (χ4v) is 10.2. The lowest BCUT2D eigenvalue weighted by atomic mass is 9.48. The first-order valence-corrected chi connectivity index (χ1v) is 19.7. The van der Waals surface area contributed by atoms with Crippen molar-refractivity contribution in [2.45, 2.75) is 136 Å². The van der Waals surface area contributed by atoms with Crippen LogP contribution in [-0.4, -0.2) is 100 Å². The number of aliphatic hydroxyl groups excluding tert-OH is 1.